The Hall–Kier alpha value is -2.41. The Kier molecular flexibility index (Phi) is 3.93. The molecule has 3 aromatic rings. The summed E-state index contributed by atoms with van der Waals surface area (Å²) in [7, 11) is 0. The van der Waals surface area contributed by atoms with Crippen LogP contribution in [0, 0.1) is 0 Å². The summed E-state index contributed by atoms with van der Waals surface area (Å²) in [5, 5.41) is 9.19. The maximum absolute atomic E-state index is 12.4. The van der Waals surface area contributed by atoms with Crippen LogP contribution in [0.1, 0.15) is 12.8 Å². The van der Waals surface area contributed by atoms with Gasteiger partial charge in [-0.3, -0.25) is 0 Å². The molecule has 0 N–H and O–H groups in total. The zero-order valence-corrected chi connectivity index (χ0v) is 14.0. The van der Waals surface area contributed by atoms with Gasteiger partial charge in [0.15, 0.2) is 0 Å². The summed E-state index contributed by atoms with van der Waals surface area (Å²) >= 11 is 1.38. The molecule has 122 valence electrons. The number of rotatable bonds is 3. The number of anilines is 1. The van der Waals surface area contributed by atoms with E-state index in [9.17, 15) is 4.79 Å². The molecule has 1 aliphatic heterocycles. The quantitative estimate of drug-likeness (QED) is 0.536. The third-order valence-electron chi connectivity index (χ3n) is 4.19. The highest BCUT2D eigenvalue weighted by atomic mass is 32.2. The Morgan fingerprint density at radius 1 is 1.21 bits per heavy atom. The Balaban J connectivity index is 1.79. The third kappa shape index (κ3) is 2.75. The summed E-state index contributed by atoms with van der Waals surface area (Å²) in [5.41, 5.74) is 2.17. The average molecular weight is 340 g/mol. The van der Waals surface area contributed by atoms with Gasteiger partial charge >= 0.3 is 5.63 Å². The lowest BCUT2D eigenvalue weighted by molar-refractivity contribution is 0.562. The van der Waals surface area contributed by atoms with Crippen molar-refractivity contribution in [3.8, 4) is 11.3 Å². The van der Waals surface area contributed by atoms with Crippen molar-refractivity contribution in [3.05, 3.63) is 40.9 Å². The minimum Gasteiger partial charge on any atom is -0.422 e. The lowest BCUT2D eigenvalue weighted by atomic mass is 10.1. The Labute approximate surface area is 142 Å². The zero-order chi connectivity index (χ0) is 16.5. The Morgan fingerprint density at radius 2 is 2.04 bits per heavy atom. The Morgan fingerprint density at radius 3 is 2.83 bits per heavy atom. The second-order valence-corrected chi connectivity index (χ2v) is 6.47. The molecule has 1 fully saturated rings. The fraction of sp³-hybridized carbons (Fsp3) is 0.294. The molecule has 2 aromatic heterocycles. The second-order valence-electron chi connectivity index (χ2n) is 5.69. The molecule has 0 atom stereocenters. The molecule has 1 saturated heterocycles. The van der Waals surface area contributed by atoms with Crippen LogP contribution in [0.25, 0.3) is 22.2 Å². The van der Waals surface area contributed by atoms with E-state index in [2.05, 4.69) is 26.1 Å². The van der Waals surface area contributed by atoms with Gasteiger partial charge in [0.2, 0.25) is 5.16 Å². The molecule has 6 nitrogen and oxygen atoms in total. The first-order chi connectivity index (χ1) is 11.7. The van der Waals surface area contributed by atoms with Crippen molar-refractivity contribution in [2.75, 3.05) is 24.2 Å². The number of fused-ring (bicyclic) bond motifs is 1. The second kappa shape index (κ2) is 6.24. The molecular weight excluding hydrogens is 324 g/mol. The largest absolute Gasteiger partial charge is 0.422 e. The SMILES string of the molecule is CSc1nncc(-c2cc3ccc(N4CCCC4)cc3oc2=O)n1. The molecular formula is C17H16N4O2S. The summed E-state index contributed by atoms with van der Waals surface area (Å²) in [6.45, 7) is 2.11. The Bertz CT molecular complexity index is 951. The van der Waals surface area contributed by atoms with Gasteiger partial charge in [-0.15, -0.1) is 5.10 Å². The molecule has 0 unspecified atom stereocenters. The summed E-state index contributed by atoms with van der Waals surface area (Å²) in [5.74, 6) is 0. The van der Waals surface area contributed by atoms with Crippen molar-refractivity contribution in [1.82, 2.24) is 15.2 Å². The van der Waals surface area contributed by atoms with Crippen molar-refractivity contribution < 1.29 is 4.42 Å². The van der Waals surface area contributed by atoms with Crippen LogP contribution in [0.4, 0.5) is 5.69 Å². The maximum atomic E-state index is 12.4. The van der Waals surface area contributed by atoms with Gasteiger partial charge in [-0.05, 0) is 37.3 Å². The topological polar surface area (TPSA) is 72.1 Å². The molecule has 1 aliphatic rings. The number of hydrogen-bond donors (Lipinski definition) is 0. The summed E-state index contributed by atoms with van der Waals surface area (Å²) in [4.78, 5) is 19.0. The van der Waals surface area contributed by atoms with Gasteiger partial charge in [-0.2, -0.15) is 5.10 Å². The van der Waals surface area contributed by atoms with E-state index in [-0.39, 0.29) is 0 Å². The number of aromatic nitrogens is 3. The van der Waals surface area contributed by atoms with Gasteiger partial charge in [0.05, 0.1) is 11.8 Å². The molecule has 0 radical (unpaired) electrons. The van der Waals surface area contributed by atoms with E-state index in [1.165, 1.54) is 30.8 Å². The van der Waals surface area contributed by atoms with Crippen LogP contribution < -0.4 is 10.5 Å². The highest BCUT2D eigenvalue weighted by Crippen LogP contribution is 2.26. The van der Waals surface area contributed by atoms with E-state index >= 15 is 0 Å². The predicted octanol–water partition coefficient (Wildman–Crippen LogP) is 2.97. The van der Waals surface area contributed by atoms with Crippen LogP contribution in [0.2, 0.25) is 0 Å². The lowest BCUT2D eigenvalue weighted by Crippen LogP contribution is -2.17. The molecule has 0 spiro atoms. The molecule has 24 heavy (non-hydrogen) atoms. The number of nitrogens with zero attached hydrogens (tertiary/aromatic N) is 4. The smallest absolute Gasteiger partial charge is 0.345 e. The van der Waals surface area contributed by atoms with Crippen LogP contribution in [0.3, 0.4) is 0 Å². The van der Waals surface area contributed by atoms with E-state index in [1.807, 2.05) is 24.5 Å². The molecule has 7 heteroatoms. The van der Waals surface area contributed by atoms with Crippen molar-refractivity contribution >= 4 is 28.4 Å². The molecule has 3 heterocycles. The van der Waals surface area contributed by atoms with E-state index in [4.69, 9.17) is 4.42 Å². The first-order valence-electron chi connectivity index (χ1n) is 7.81. The van der Waals surface area contributed by atoms with Gasteiger partial charge in [0.25, 0.3) is 0 Å². The summed E-state index contributed by atoms with van der Waals surface area (Å²) in [6, 6.07) is 7.81. The van der Waals surface area contributed by atoms with Gasteiger partial charge in [0, 0.05) is 30.2 Å². The number of benzene rings is 1. The minimum atomic E-state index is -0.409. The first kappa shape index (κ1) is 15.1. The van der Waals surface area contributed by atoms with Crippen molar-refractivity contribution in [2.24, 2.45) is 0 Å². The van der Waals surface area contributed by atoms with Crippen LogP contribution in [0.5, 0.6) is 0 Å². The van der Waals surface area contributed by atoms with Gasteiger partial charge < -0.3 is 9.32 Å². The van der Waals surface area contributed by atoms with Crippen molar-refractivity contribution in [3.63, 3.8) is 0 Å². The summed E-state index contributed by atoms with van der Waals surface area (Å²) < 4.78 is 5.54. The van der Waals surface area contributed by atoms with Crippen LogP contribution in [-0.2, 0) is 0 Å². The third-order valence-corrected chi connectivity index (χ3v) is 4.73. The van der Waals surface area contributed by atoms with E-state index < -0.39 is 5.63 Å². The average Bonchev–Trinajstić information content (AvgIpc) is 3.15. The molecule has 1 aromatic carbocycles. The van der Waals surface area contributed by atoms with Gasteiger partial charge in [-0.25, -0.2) is 9.78 Å². The fourth-order valence-electron chi connectivity index (χ4n) is 2.95. The predicted molar refractivity (Wildman–Crippen MR) is 94.5 cm³/mol. The lowest BCUT2D eigenvalue weighted by Gasteiger charge is -2.17. The molecule has 0 bridgehead atoms. The maximum Gasteiger partial charge on any atom is 0.345 e. The minimum absolute atomic E-state index is 0.404. The number of thioether (sulfide) groups is 1. The molecule has 0 amide bonds. The number of hydrogen-bond acceptors (Lipinski definition) is 7. The standard InChI is InChI=1S/C17H16N4O2S/c1-24-17-19-14(10-18-20-17)13-8-11-4-5-12(21-6-2-3-7-21)9-15(11)23-16(13)22/h4-5,8-10H,2-3,6-7H2,1H3. The van der Waals surface area contributed by atoms with Crippen LogP contribution >= 0.6 is 11.8 Å². The highest BCUT2D eigenvalue weighted by Gasteiger charge is 2.15. The van der Waals surface area contributed by atoms with E-state index in [0.717, 1.165) is 24.2 Å². The monoisotopic (exact) mass is 340 g/mol. The van der Waals surface area contributed by atoms with Gasteiger partial charge in [0.1, 0.15) is 11.3 Å². The molecule has 4 rings (SSSR count). The zero-order valence-electron chi connectivity index (χ0n) is 13.2. The van der Waals surface area contributed by atoms with E-state index in [1.54, 1.807) is 0 Å². The normalized spacial score (nSPS) is 14.5. The van der Waals surface area contributed by atoms with Crippen molar-refractivity contribution in [2.45, 2.75) is 18.0 Å². The summed E-state index contributed by atoms with van der Waals surface area (Å²) in [6.07, 6.45) is 5.76. The molecule has 0 aliphatic carbocycles. The van der Waals surface area contributed by atoms with Gasteiger partial charge in [-0.1, -0.05) is 11.8 Å². The van der Waals surface area contributed by atoms with Crippen LogP contribution in [0.15, 0.2) is 44.8 Å². The van der Waals surface area contributed by atoms with E-state index in [0.29, 0.717) is 22.0 Å². The van der Waals surface area contributed by atoms with Crippen molar-refractivity contribution in [1.29, 1.82) is 0 Å². The fourth-order valence-corrected chi connectivity index (χ4v) is 3.27. The highest BCUT2D eigenvalue weighted by molar-refractivity contribution is 7.98. The molecule has 0 saturated carbocycles. The van der Waals surface area contributed by atoms with Crippen LogP contribution in [-0.4, -0.2) is 34.5 Å². The first-order valence-corrected chi connectivity index (χ1v) is 9.04.